The number of hydrogen-bond donors (Lipinski definition) is 6. The van der Waals surface area contributed by atoms with Gasteiger partial charge in [0.2, 0.25) is 0 Å². The smallest absolute Gasteiger partial charge is 0.352 e. The third-order valence-corrected chi connectivity index (χ3v) is 2.93. The molecule has 0 aromatic heterocycles. The highest BCUT2D eigenvalue weighted by molar-refractivity contribution is 5.83. The number of rotatable bonds is 7. The van der Waals surface area contributed by atoms with Crippen molar-refractivity contribution in [1.29, 1.82) is 0 Å². The van der Waals surface area contributed by atoms with Gasteiger partial charge in [0, 0.05) is 5.56 Å². The number of carbonyl (C=O) groups is 2. The highest BCUT2D eigenvalue weighted by atomic mass is 19.3. The van der Waals surface area contributed by atoms with Crippen molar-refractivity contribution in [3.8, 4) is 0 Å². The zero-order valence-corrected chi connectivity index (χ0v) is 12.7. The molecular formula is C14H18F3NO7. The second-order valence-corrected chi connectivity index (χ2v) is 4.72. The number of benzene rings is 1. The number of hydrogen-bond acceptors (Lipinski definition) is 7. The van der Waals surface area contributed by atoms with E-state index < -0.39 is 48.4 Å². The Morgan fingerprint density at radius 2 is 1.64 bits per heavy atom. The van der Waals surface area contributed by atoms with Crippen LogP contribution < -0.4 is 5.54 Å². The van der Waals surface area contributed by atoms with Crippen molar-refractivity contribution in [2.45, 2.75) is 30.3 Å². The lowest BCUT2D eigenvalue weighted by Crippen LogP contribution is -2.46. The van der Waals surface area contributed by atoms with Gasteiger partial charge in [-0.05, 0) is 0 Å². The molecule has 4 atom stereocenters. The highest BCUT2D eigenvalue weighted by Gasteiger charge is 2.40. The van der Waals surface area contributed by atoms with Gasteiger partial charge in [0.15, 0.2) is 6.29 Å². The predicted molar refractivity (Wildman–Crippen MR) is 76.8 cm³/mol. The molecule has 0 radical (unpaired) electrons. The van der Waals surface area contributed by atoms with Crippen molar-refractivity contribution in [2.75, 3.05) is 6.61 Å². The maximum Gasteiger partial charge on any atom is 0.352 e. The van der Waals surface area contributed by atoms with E-state index in [1.807, 2.05) is 0 Å². The lowest BCUT2D eigenvalue weighted by Gasteiger charge is -2.22. The first-order valence-electron chi connectivity index (χ1n) is 6.76. The van der Waals surface area contributed by atoms with Crippen LogP contribution in [0.15, 0.2) is 30.3 Å². The van der Waals surface area contributed by atoms with Gasteiger partial charge in [-0.25, -0.2) is 0 Å². The summed E-state index contributed by atoms with van der Waals surface area (Å²) in [6.07, 6.45) is -6.84. The van der Waals surface area contributed by atoms with Crippen LogP contribution in [0.5, 0.6) is 0 Å². The Morgan fingerprint density at radius 3 is 2.04 bits per heavy atom. The van der Waals surface area contributed by atoms with E-state index >= 15 is 0 Å². The first-order chi connectivity index (χ1) is 11.6. The lowest BCUT2D eigenvalue weighted by atomic mass is 10.0. The Morgan fingerprint density at radius 1 is 1.12 bits per heavy atom. The molecule has 142 valence electrons. The normalized spacial score (nSPS) is 15.8. The Hall–Kier alpha value is -2.05. The molecule has 0 bridgehead atoms. The summed E-state index contributed by atoms with van der Waals surface area (Å²) in [6.45, 7) is -0.760. The van der Waals surface area contributed by atoms with Gasteiger partial charge in [-0.1, -0.05) is 30.3 Å². The molecule has 0 unspecified atom stereocenters. The van der Waals surface area contributed by atoms with E-state index in [0.29, 0.717) is 5.54 Å². The number of amides is 1. The molecule has 0 spiro atoms. The van der Waals surface area contributed by atoms with Crippen LogP contribution in [-0.4, -0.2) is 68.7 Å². The first-order valence-corrected chi connectivity index (χ1v) is 6.76. The second-order valence-electron chi connectivity index (χ2n) is 4.72. The molecule has 0 aliphatic carbocycles. The van der Waals surface area contributed by atoms with E-state index in [0.717, 1.165) is 12.1 Å². The van der Waals surface area contributed by atoms with Crippen LogP contribution in [0.2, 0.25) is 0 Å². The zero-order chi connectivity index (χ0) is 19.6. The maximum absolute atomic E-state index is 12.9. The number of aliphatic hydroxyl groups excluding tert-OH is 5. The quantitative estimate of drug-likeness (QED) is 0.251. The van der Waals surface area contributed by atoms with Crippen LogP contribution >= 0.6 is 0 Å². The number of aldehydes is 1. The summed E-state index contributed by atoms with van der Waals surface area (Å²) in [5.41, 5.74) is -0.122. The van der Waals surface area contributed by atoms with Gasteiger partial charge < -0.3 is 30.3 Å². The minimum Gasteiger partial charge on any atom is -0.394 e. The van der Waals surface area contributed by atoms with Crippen LogP contribution in [0.3, 0.4) is 0 Å². The minimum atomic E-state index is -3.82. The van der Waals surface area contributed by atoms with E-state index in [1.165, 1.54) is 18.2 Å². The summed E-state index contributed by atoms with van der Waals surface area (Å²) in [6, 6.07) is 6.31. The monoisotopic (exact) mass is 369 g/mol. The van der Waals surface area contributed by atoms with Gasteiger partial charge in [-0.3, -0.25) is 4.79 Å². The first kappa shape index (κ1) is 22.9. The lowest BCUT2D eigenvalue weighted by molar-refractivity contribution is -0.151. The fourth-order valence-electron chi connectivity index (χ4n) is 1.46. The summed E-state index contributed by atoms with van der Waals surface area (Å²) >= 11 is 0. The molecule has 8 nitrogen and oxygen atoms in total. The summed E-state index contributed by atoms with van der Waals surface area (Å²) in [5, 5.41) is 43.5. The second kappa shape index (κ2) is 10.7. The average Bonchev–Trinajstić information content (AvgIpc) is 2.65. The molecule has 1 aromatic carbocycles. The summed E-state index contributed by atoms with van der Waals surface area (Å²) < 4.78 is 37.3. The number of aliphatic hydroxyl groups is 5. The van der Waals surface area contributed by atoms with Gasteiger partial charge in [-0.15, -0.1) is 4.48 Å². The molecule has 1 aromatic rings. The fourth-order valence-corrected chi connectivity index (χ4v) is 1.46. The predicted octanol–water partition coefficient (Wildman–Crippen LogP) is -1.60. The molecule has 0 heterocycles. The SMILES string of the molecule is O=C(NF)C(F)(F)c1ccccc1.O=C[C@H](O)[C@@H](O)[C@H](O)[C@H](O)CO. The third-order valence-electron chi connectivity index (χ3n) is 2.93. The summed E-state index contributed by atoms with van der Waals surface area (Å²) in [7, 11) is 0. The van der Waals surface area contributed by atoms with E-state index in [9.17, 15) is 22.9 Å². The highest BCUT2D eigenvalue weighted by Crippen LogP contribution is 2.27. The number of carbonyl (C=O) groups excluding carboxylic acids is 2. The van der Waals surface area contributed by atoms with Crippen LogP contribution in [-0.2, 0) is 15.5 Å². The van der Waals surface area contributed by atoms with Gasteiger partial charge in [-0.2, -0.15) is 14.3 Å². The molecule has 0 aliphatic heterocycles. The van der Waals surface area contributed by atoms with Crippen molar-refractivity contribution in [3.63, 3.8) is 0 Å². The Kier molecular flexibility index (Phi) is 9.86. The molecule has 6 N–H and O–H groups in total. The molecule has 0 saturated carbocycles. The van der Waals surface area contributed by atoms with Crippen molar-refractivity contribution in [2.24, 2.45) is 0 Å². The topological polar surface area (TPSA) is 147 Å². The number of nitrogens with one attached hydrogen (secondary N) is 1. The molecule has 11 heteroatoms. The Balaban J connectivity index is 0.000000463. The van der Waals surface area contributed by atoms with Crippen molar-refractivity contribution >= 4 is 12.2 Å². The van der Waals surface area contributed by atoms with Crippen LogP contribution in [0.25, 0.3) is 0 Å². The molecule has 1 rings (SSSR count). The molecule has 1 amide bonds. The van der Waals surface area contributed by atoms with Crippen LogP contribution in [0.4, 0.5) is 13.3 Å². The van der Waals surface area contributed by atoms with E-state index in [1.54, 1.807) is 0 Å². The van der Waals surface area contributed by atoms with E-state index in [4.69, 9.17) is 25.5 Å². The Labute approximate surface area is 140 Å². The van der Waals surface area contributed by atoms with E-state index in [-0.39, 0.29) is 6.29 Å². The van der Waals surface area contributed by atoms with Crippen LogP contribution in [0.1, 0.15) is 5.56 Å². The maximum atomic E-state index is 12.9. The summed E-state index contributed by atoms with van der Waals surface area (Å²) in [5.74, 6) is -5.78. The minimum absolute atomic E-state index is 0.0258. The summed E-state index contributed by atoms with van der Waals surface area (Å²) in [4.78, 5) is 20.3. The van der Waals surface area contributed by atoms with Gasteiger partial charge in [0.25, 0.3) is 0 Å². The molecule has 25 heavy (non-hydrogen) atoms. The number of halogens is 3. The van der Waals surface area contributed by atoms with Crippen molar-refractivity contribution in [1.82, 2.24) is 5.54 Å². The largest absolute Gasteiger partial charge is 0.394 e. The zero-order valence-electron chi connectivity index (χ0n) is 12.7. The third kappa shape index (κ3) is 6.76. The molecule has 0 saturated heterocycles. The average molecular weight is 369 g/mol. The molecular weight excluding hydrogens is 351 g/mol. The standard InChI is InChI=1S/C8H6F3NO.C6H12O6/c9-8(10,7(13)12-11)6-4-2-1-3-5-6;7-1-3(9)5(11)6(12)4(10)2-8/h1-5H,(H,12,13);1,3-6,8-12H,2H2/t;3-,4+,5+,6+/m.0/s1. The van der Waals surface area contributed by atoms with Crippen LogP contribution in [0, 0.1) is 0 Å². The number of alkyl halides is 2. The van der Waals surface area contributed by atoms with Crippen molar-refractivity contribution in [3.05, 3.63) is 35.9 Å². The fraction of sp³-hybridized carbons (Fsp3) is 0.429. The van der Waals surface area contributed by atoms with E-state index in [2.05, 4.69) is 0 Å². The van der Waals surface area contributed by atoms with Crippen molar-refractivity contribution < 1.29 is 48.4 Å². The Bertz CT molecular complexity index is 532. The molecule has 0 fully saturated rings. The van der Waals surface area contributed by atoms with Gasteiger partial charge >= 0.3 is 11.8 Å². The van der Waals surface area contributed by atoms with Gasteiger partial charge in [0.05, 0.1) is 6.61 Å². The van der Waals surface area contributed by atoms with Gasteiger partial charge in [0.1, 0.15) is 24.4 Å². The molecule has 0 aliphatic rings.